The first-order valence-electron chi connectivity index (χ1n) is 10.9. The number of ether oxygens (including phenoxy) is 1. The van der Waals surface area contributed by atoms with Crippen molar-refractivity contribution in [1.82, 2.24) is 19.6 Å². The Bertz CT molecular complexity index is 1150. The van der Waals surface area contributed by atoms with Gasteiger partial charge in [-0.2, -0.15) is 18.3 Å². The number of nitrogens with zero attached hydrogens (tertiary/aromatic N) is 4. The molecule has 0 spiro atoms. The summed E-state index contributed by atoms with van der Waals surface area (Å²) in [6.07, 6.45) is 1.13. The molecule has 6 nitrogen and oxygen atoms in total. The Labute approximate surface area is 195 Å². The van der Waals surface area contributed by atoms with Gasteiger partial charge in [-0.15, -0.1) is 0 Å². The number of halogens is 3. The summed E-state index contributed by atoms with van der Waals surface area (Å²) >= 11 is 0. The number of piperazine rings is 1. The van der Waals surface area contributed by atoms with Crippen LogP contribution < -0.4 is 4.74 Å². The minimum atomic E-state index is -4.47. The van der Waals surface area contributed by atoms with Crippen LogP contribution in [0.25, 0.3) is 11.8 Å². The van der Waals surface area contributed by atoms with Gasteiger partial charge in [0.25, 0.3) is 5.91 Å². The Balaban J connectivity index is 1.41. The van der Waals surface area contributed by atoms with Gasteiger partial charge < -0.3 is 9.64 Å². The van der Waals surface area contributed by atoms with Crippen molar-refractivity contribution in [1.29, 1.82) is 0 Å². The summed E-state index contributed by atoms with van der Waals surface area (Å²) in [5, 5.41) is 4.26. The zero-order valence-corrected chi connectivity index (χ0v) is 18.7. The van der Waals surface area contributed by atoms with Gasteiger partial charge in [-0.25, -0.2) is 4.68 Å². The van der Waals surface area contributed by atoms with Crippen LogP contribution >= 0.6 is 0 Å². The molecule has 2 aromatic carbocycles. The van der Waals surface area contributed by atoms with Gasteiger partial charge in [-0.1, -0.05) is 48.6 Å². The molecule has 178 valence electrons. The molecule has 1 aliphatic heterocycles. The molecule has 3 aromatic rings. The molecule has 4 rings (SSSR count). The number of rotatable bonds is 6. The van der Waals surface area contributed by atoms with Crippen molar-refractivity contribution in [3.05, 3.63) is 83.7 Å². The summed E-state index contributed by atoms with van der Waals surface area (Å²) < 4.78 is 45.8. The van der Waals surface area contributed by atoms with E-state index < -0.39 is 11.7 Å². The number of amides is 1. The summed E-state index contributed by atoms with van der Waals surface area (Å²) in [4.78, 5) is 17.1. The number of methoxy groups -OCH3 is 1. The van der Waals surface area contributed by atoms with E-state index in [0.717, 1.165) is 24.2 Å². The van der Waals surface area contributed by atoms with Crippen molar-refractivity contribution < 1.29 is 22.7 Å². The molecule has 0 aliphatic carbocycles. The quantitative estimate of drug-likeness (QED) is 0.537. The van der Waals surface area contributed by atoms with Crippen LogP contribution in [0.15, 0.2) is 66.9 Å². The average molecular weight is 470 g/mol. The average Bonchev–Trinajstić information content (AvgIpc) is 3.29. The van der Waals surface area contributed by atoms with Gasteiger partial charge in [-0.3, -0.25) is 9.69 Å². The highest BCUT2D eigenvalue weighted by Crippen LogP contribution is 2.31. The molecule has 1 aromatic heterocycles. The molecule has 1 amide bonds. The topological polar surface area (TPSA) is 50.6 Å². The fraction of sp³-hybridized carbons (Fsp3) is 0.280. The van der Waals surface area contributed by atoms with Gasteiger partial charge in [0.05, 0.1) is 24.6 Å². The molecule has 0 N–H and O–H groups in total. The number of carbonyl (C=O) groups is 1. The molecular weight excluding hydrogens is 445 g/mol. The van der Waals surface area contributed by atoms with Crippen LogP contribution in [0.1, 0.15) is 21.6 Å². The number of hydrogen-bond acceptors (Lipinski definition) is 4. The maximum Gasteiger partial charge on any atom is 0.416 e. The molecule has 1 fully saturated rings. The van der Waals surface area contributed by atoms with E-state index in [4.69, 9.17) is 4.74 Å². The predicted molar refractivity (Wildman–Crippen MR) is 123 cm³/mol. The van der Waals surface area contributed by atoms with E-state index in [2.05, 4.69) is 22.2 Å². The Morgan fingerprint density at radius 1 is 1.06 bits per heavy atom. The highest BCUT2D eigenvalue weighted by atomic mass is 19.4. The van der Waals surface area contributed by atoms with Crippen LogP contribution in [0, 0.1) is 0 Å². The largest absolute Gasteiger partial charge is 0.493 e. The van der Waals surface area contributed by atoms with Crippen LogP contribution in [-0.2, 0) is 6.18 Å². The predicted octanol–water partition coefficient (Wildman–Crippen LogP) is 4.37. The third-order valence-corrected chi connectivity index (χ3v) is 5.67. The second kappa shape index (κ2) is 10.1. The van der Waals surface area contributed by atoms with E-state index in [-0.39, 0.29) is 23.0 Å². The lowest BCUT2D eigenvalue weighted by atomic mass is 10.2. The van der Waals surface area contributed by atoms with Crippen molar-refractivity contribution in [3.63, 3.8) is 0 Å². The first-order chi connectivity index (χ1) is 16.3. The molecule has 34 heavy (non-hydrogen) atoms. The zero-order chi connectivity index (χ0) is 24.1. The van der Waals surface area contributed by atoms with Gasteiger partial charge in [0.15, 0.2) is 11.4 Å². The highest BCUT2D eigenvalue weighted by Gasteiger charge is 2.31. The Morgan fingerprint density at radius 2 is 1.79 bits per heavy atom. The van der Waals surface area contributed by atoms with Crippen molar-refractivity contribution in [2.45, 2.75) is 6.18 Å². The summed E-state index contributed by atoms with van der Waals surface area (Å²) in [5.41, 5.74) is 0.629. The minimum absolute atomic E-state index is 0.0809. The summed E-state index contributed by atoms with van der Waals surface area (Å²) in [6, 6.07) is 14.8. The third-order valence-electron chi connectivity index (χ3n) is 5.67. The normalized spacial score (nSPS) is 15.1. The number of carbonyl (C=O) groups excluding carboxylic acids is 1. The lowest BCUT2D eigenvalue weighted by Gasteiger charge is -2.33. The molecule has 1 saturated heterocycles. The second-order valence-electron chi connectivity index (χ2n) is 7.94. The van der Waals surface area contributed by atoms with E-state index in [0.29, 0.717) is 26.2 Å². The highest BCUT2D eigenvalue weighted by molar-refractivity contribution is 5.95. The molecule has 0 saturated carbocycles. The van der Waals surface area contributed by atoms with E-state index >= 15 is 0 Å². The van der Waals surface area contributed by atoms with Crippen LogP contribution in [0.4, 0.5) is 13.2 Å². The van der Waals surface area contributed by atoms with Gasteiger partial charge in [-0.05, 0) is 23.8 Å². The Hall–Kier alpha value is -3.59. The third kappa shape index (κ3) is 5.48. The summed E-state index contributed by atoms with van der Waals surface area (Å²) in [5.74, 6) is -0.0855. The van der Waals surface area contributed by atoms with E-state index in [1.165, 1.54) is 30.1 Å². The molecule has 2 heterocycles. The standard InChI is InChI=1S/C25H25F3N4O2/c1-34-22-18-32(21-11-5-10-20(17-21)25(26,27)28)29-23(22)24(33)31-15-13-30(14-16-31)12-6-9-19-7-3-2-4-8-19/h2-11,17-18H,12-16H2,1H3/b9-6+. The van der Waals surface area contributed by atoms with Crippen molar-refractivity contribution in [2.24, 2.45) is 0 Å². The van der Waals surface area contributed by atoms with Crippen LogP contribution in [0.3, 0.4) is 0 Å². The summed E-state index contributed by atoms with van der Waals surface area (Å²) in [6.45, 7) is 3.25. The lowest BCUT2D eigenvalue weighted by Crippen LogP contribution is -2.48. The molecule has 0 unspecified atom stereocenters. The molecule has 0 atom stereocenters. The smallest absolute Gasteiger partial charge is 0.416 e. The van der Waals surface area contributed by atoms with Gasteiger partial charge in [0.2, 0.25) is 0 Å². The second-order valence-corrected chi connectivity index (χ2v) is 7.94. The fourth-order valence-electron chi connectivity index (χ4n) is 3.80. The van der Waals surface area contributed by atoms with E-state index in [1.807, 2.05) is 30.3 Å². The minimum Gasteiger partial charge on any atom is -0.493 e. The lowest BCUT2D eigenvalue weighted by molar-refractivity contribution is -0.137. The zero-order valence-electron chi connectivity index (χ0n) is 18.7. The van der Waals surface area contributed by atoms with Gasteiger partial charge >= 0.3 is 6.18 Å². The molecule has 9 heteroatoms. The van der Waals surface area contributed by atoms with E-state index in [1.54, 1.807) is 4.90 Å². The molecule has 0 radical (unpaired) electrons. The monoisotopic (exact) mass is 470 g/mol. The van der Waals surface area contributed by atoms with Crippen molar-refractivity contribution >= 4 is 12.0 Å². The van der Waals surface area contributed by atoms with Gasteiger partial charge in [0, 0.05) is 32.7 Å². The fourth-order valence-corrected chi connectivity index (χ4v) is 3.80. The maximum absolute atomic E-state index is 13.1. The Morgan fingerprint density at radius 3 is 2.47 bits per heavy atom. The first kappa shape index (κ1) is 23.6. The van der Waals surface area contributed by atoms with E-state index in [9.17, 15) is 18.0 Å². The van der Waals surface area contributed by atoms with Crippen LogP contribution in [0.5, 0.6) is 5.75 Å². The number of alkyl halides is 3. The summed E-state index contributed by atoms with van der Waals surface area (Å²) in [7, 11) is 1.40. The number of hydrogen-bond donors (Lipinski definition) is 0. The number of aromatic nitrogens is 2. The SMILES string of the molecule is COc1cn(-c2cccc(C(F)(F)F)c2)nc1C(=O)N1CCN(C/C=C/c2ccccc2)CC1. The van der Waals surface area contributed by atoms with Crippen molar-refractivity contribution in [3.8, 4) is 11.4 Å². The van der Waals surface area contributed by atoms with Crippen LogP contribution in [-0.4, -0.2) is 65.3 Å². The molecule has 0 bridgehead atoms. The maximum atomic E-state index is 13.1. The van der Waals surface area contributed by atoms with Crippen molar-refractivity contribution in [2.75, 3.05) is 39.8 Å². The first-order valence-corrected chi connectivity index (χ1v) is 10.9. The van der Waals surface area contributed by atoms with Gasteiger partial charge in [0.1, 0.15) is 0 Å². The molecular formula is C25H25F3N4O2. The molecule has 1 aliphatic rings. The Kier molecular flexibility index (Phi) is 7.02. The number of benzene rings is 2. The van der Waals surface area contributed by atoms with Crippen LogP contribution in [0.2, 0.25) is 0 Å².